The topological polar surface area (TPSA) is 83.8 Å². The van der Waals surface area contributed by atoms with Crippen molar-refractivity contribution in [2.45, 2.75) is 45.1 Å². The van der Waals surface area contributed by atoms with Crippen molar-refractivity contribution in [3.63, 3.8) is 0 Å². The number of hydrogen-bond donors (Lipinski definition) is 3. The van der Waals surface area contributed by atoms with E-state index in [4.69, 9.17) is 15.4 Å². The lowest BCUT2D eigenvalue weighted by Crippen LogP contribution is -2.27. The van der Waals surface area contributed by atoms with Crippen LogP contribution in [-0.2, 0) is 6.42 Å². The van der Waals surface area contributed by atoms with Crippen LogP contribution in [0.1, 0.15) is 38.4 Å². The molecule has 0 fully saturated rings. The van der Waals surface area contributed by atoms with E-state index >= 15 is 0 Å². The average molecular weight is 253 g/mol. The molecule has 1 rings (SSSR count). The number of rotatable bonds is 9. The SMILES string of the molecule is CC(CCc1ccco1)NCCCCC(N)=NO. The van der Waals surface area contributed by atoms with Gasteiger partial charge in [-0.05, 0) is 44.9 Å². The fraction of sp³-hybridized carbons (Fsp3) is 0.615. The van der Waals surface area contributed by atoms with Gasteiger partial charge in [-0.15, -0.1) is 0 Å². The van der Waals surface area contributed by atoms with Crippen LogP contribution in [0.3, 0.4) is 0 Å². The van der Waals surface area contributed by atoms with Gasteiger partial charge in [0, 0.05) is 18.9 Å². The Balaban J connectivity index is 1.98. The summed E-state index contributed by atoms with van der Waals surface area (Å²) in [5.74, 6) is 1.34. The number of nitrogens with one attached hydrogen (secondary N) is 1. The molecule has 1 aromatic heterocycles. The first-order valence-corrected chi connectivity index (χ1v) is 6.44. The van der Waals surface area contributed by atoms with Gasteiger partial charge in [-0.1, -0.05) is 5.16 Å². The highest BCUT2D eigenvalue weighted by molar-refractivity contribution is 5.79. The Labute approximate surface area is 108 Å². The second-order valence-corrected chi connectivity index (χ2v) is 4.52. The number of unbranched alkanes of at least 4 members (excludes halogenated alkanes) is 1. The zero-order valence-electron chi connectivity index (χ0n) is 10.9. The molecule has 0 aliphatic carbocycles. The lowest BCUT2D eigenvalue weighted by molar-refractivity contribution is 0.316. The van der Waals surface area contributed by atoms with Crippen LogP contribution in [0.2, 0.25) is 0 Å². The van der Waals surface area contributed by atoms with E-state index in [0.717, 1.165) is 38.0 Å². The molecule has 1 unspecified atom stereocenters. The van der Waals surface area contributed by atoms with E-state index in [9.17, 15) is 0 Å². The first-order valence-electron chi connectivity index (χ1n) is 6.44. The molecule has 0 saturated carbocycles. The molecule has 5 heteroatoms. The number of nitrogens with zero attached hydrogens (tertiary/aromatic N) is 1. The molecule has 0 saturated heterocycles. The molecular weight excluding hydrogens is 230 g/mol. The van der Waals surface area contributed by atoms with Crippen LogP contribution in [0.5, 0.6) is 0 Å². The summed E-state index contributed by atoms with van der Waals surface area (Å²) in [5.41, 5.74) is 5.39. The number of hydrogen-bond acceptors (Lipinski definition) is 4. The number of amidine groups is 1. The first-order chi connectivity index (χ1) is 8.72. The molecule has 0 aliphatic rings. The van der Waals surface area contributed by atoms with Crippen molar-refractivity contribution in [3.8, 4) is 0 Å². The maximum absolute atomic E-state index is 8.38. The fourth-order valence-electron chi connectivity index (χ4n) is 1.75. The molecule has 102 valence electrons. The molecule has 5 nitrogen and oxygen atoms in total. The van der Waals surface area contributed by atoms with Crippen molar-refractivity contribution in [1.29, 1.82) is 0 Å². The van der Waals surface area contributed by atoms with Gasteiger partial charge in [0.2, 0.25) is 0 Å². The Morgan fingerprint density at radius 3 is 3.06 bits per heavy atom. The maximum Gasteiger partial charge on any atom is 0.139 e. The summed E-state index contributed by atoms with van der Waals surface area (Å²) in [6, 6.07) is 4.39. The zero-order chi connectivity index (χ0) is 13.2. The Bertz CT molecular complexity index is 336. The summed E-state index contributed by atoms with van der Waals surface area (Å²) >= 11 is 0. The van der Waals surface area contributed by atoms with Crippen LogP contribution in [0.4, 0.5) is 0 Å². The normalized spacial score (nSPS) is 13.7. The predicted molar refractivity (Wildman–Crippen MR) is 71.8 cm³/mol. The third-order valence-electron chi connectivity index (χ3n) is 2.88. The summed E-state index contributed by atoms with van der Waals surface area (Å²) in [4.78, 5) is 0. The van der Waals surface area contributed by atoms with Crippen molar-refractivity contribution < 1.29 is 9.62 Å². The van der Waals surface area contributed by atoms with Crippen molar-refractivity contribution in [2.75, 3.05) is 6.54 Å². The number of oxime groups is 1. The summed E-state index contributed by atoms with van der Waals surface area (Å²) in [6.45, 7) is 3.13. The van der Waals surface area contributed by atoms with Crippen LogP contribution in [0.25, 0.3) is 0 Å². The molecule has 0 aliphatic heterocycles. The highest BCUT2D eigenvalue weighted by Gasteiger charge is 2.03. The Hall–Kier alpha value is -1.49. The minimum atomic E-state index is 0.306. The molecule has 0 aromatic carbocycles. The number of nitrogens with two attached hydrogens (primary N) is 1. The lowest BCUT2D eigenvalue weighted by Gasteiger charge is -2.12. The van der Waals surface area contributed by atoms with Gasteiger partial charge in [-0.2, -0.15) is 0 Å². The Morgan fingerprint density at radius 1 is 1.56 bits per heavy atom. The van der Waals surface area contributed by atoms with Gasteiger partial charge in [-0.25, -0.2) is 0 Å². The summed E-state index contributed by atoms with van der Waals surface area (Å²) in [7, 11) is 0. The maximum atomic E-state index is 8.38. The summed E-state index contributed by atoms with van der Waals surface area (Å²) in [5, 5.41) is 14.8. The van der Waals surface area contributed by atoms with Crippen LogP contribution in [0.15, 0.2) is 28.0 Å². The molecule has 0 bridgehead atoms. The second-order valence-electron chi connectivity index (χ2n) is 4.52. The molecule has 0 amide bonds. The van der Waals surface area contributed by atoms with Crippen LogP contribution >= 0.6 is 0 Å². The standard InChI is InChI=1S/C13H23N3O2/c1-11(7-8-12-5-4-10-18-12)15-9-3-2-6-13(14)16-17/h4-5,10-11,15,17H,2-3,6-9H2,1H3,(H2,14,16). The predicted octanol–water partition coefficient (Wildman–Crippen LogP) is 2.11. The van der Waals surface area contributed by atoms with Gasteiger partial charge in [0.25, 0.3) is 0 Å². The van der Waals surface area contributed by atoms with E-state index in [1.807, 2.05) is 12.1 Å². The molecule has 1 heterocycles. The Morgan fingerprint density at radius 2 is 2.39 bits per heavy atom. The monoisotopic (exact) mass is 253 g/mol. The molecule has 1 atom stereocenters. The molecule has 0 spiro atoms. The number of aryl methyl sites for hydroxylation is 1. The lowest BCUT2D eigenvalue weighted by atomic mass is 10.1. The average Bonchev–Trinajstić information content (AvgIpc) is 2.88. The van der Waals surface area contributed by atoms with Gasteiger partial charge in [0.05, 0.1) is 6.26 Å². The minimum Gasteiger partial charge on any atom is -0.469 e. The van der Waals surface area contributed by atoms with Crippen molar-refractivity contribution in [1.82, 2.24) is 5.32 Å². The van der Waals surface area contributed by atoms with E-state index in [1.54, 1.807) is 6.26 Å². The third-order valence-corrected chi connectivity index (χ3v) is 2.88. The van der Waals surface area contributed by atoms with E-state index in [1.165, 1.54) is 0 Å². The molecule has 18 heavy (non-hydrogen) atoms. The zero-order valence-corrected chi connectivity index (χ0v) is 10.9. The summed E-state index contributed by atoms with van der Waals surface area (Å²) in [6.07, 6.45) is 6.35. The van der Waals surface area contributed by atoms with Crippen LogP contribution in [-0.4, -0.2) is 23.6 Å². The van der Waals surface area contributed by atoms with Gasteiger partial charge in [0.15, 0.2) is 0 Å². The molecule has 4 N–H and O–H groups in total. The van der Waals surface area contributed by atoms with Crippen LogP contribution in [0, 0.1) is 0 Å². The Kier molecular flexibility index (Phi) is 6.94. The van der Waals surface area contributed by atoms with Crippen LogP contribution < -0.4 is 11.1 Å². The highest BCUT2D eigenvalue weighted by atomic mass is 16.4. The van der Waals surface area contributed by atoms with E-state index in [0.29, 0.717) is 18.3 Å². The van der Waals surface area contributed by atoms with Gasteiger partial charge in [0.1, 0.15) is 11.6 Å². The number of furan rings is 1. The summed E-state index contributed by atoms with van der Waals surface area (Å²) < 4.78 is 5.29. The smallest absolute Gasteiger partial charge is 0.139 e. The second kappa shape index (κ2) is 8.58. The minimum absolute atomic E-state index is 0.306. The highest BCUT2D eigenvalue weighted by Crippen LogP contribution is 2.05. The molecular formula is C13H23N3O2. The van der Waals surface area contributed by atoms with Crippen molar-refractivity contribution >= 4 is 5.84 Å². The molecule has 1 aromatic rings. The quantitative estimate of drug-likeness (QED) is 0.207. The van der Waals surface area contributed by atoms with Gasteiger partial charge >= 0.3 is 0 Å². The van der Waals surface area contributed by atoms with Crippen molar-refractivity contribution in [2.24, 2.45) is 10.9 Å². The van der Waals surface area contributed by atoms with Gasteiger partial charge in [-0.3, -0.25) is 0 Å². The fourth-order valence-corrected chi connectivity index (χ4v) is 1.75. The van der Waals surface area contributed by atoms with Gasteiger partial charge < -0.3 is 20.7 Å². The largest absolute Gasteiger partial charge is 0.469 e. The van der Waals surface area contributed by atoms with E-state index in [2.05, 4.69) is 17.4 Å². The third kappa shape index (κ3) is 6.30. The molecule has 0 radical (unpaired) electrons. The van der Waals surface area contributed by atoms with E-state index in [-0.39, 0.29) is 0 Å². The van der Waals surface area contributed by atoms with E-state index < -0.39 is 0 Å². The first kappa shape index (κ1) is 14.6. The van der Waals surface area contributed by atoms with Crippen molar-refractivity contribution in [3.05, 3.63) is 24.2 Å².